The number of fused-ring (bicyclic) bond motifs is 1. The van der Waals surface area contributed by atoms with Crippen molar-refractivity contribution in [1.82, 2.24) is 9.97 Å². The van der Waals surface area contributed by atoms with Crippen LogP contribution in [0, 0.1) is 6.92 Å². The zero-order chi connectivity index (χ0) is 15.7. The number of alkyl halides is 1. The van der Waals surface area contributed by atoms with Crippen molar-refractivity contribution < 1.29 is 0 Å². The summed E-state index contributed by atoms with van der Waals surface area (Å²) in [5.41, 5.74) is 2.77. The number of nitrogens with zero attached hydrogens (tertiary/aromatic N) is 1. The number of rotatable bonds is 4. The van der Waals surface area contributed by atoms with Crippen LogP contribution in [0.25, 0.3) is 21.3 Å². The second-order valence-corrected chi connectivity index (χ2v) is 6.74. The van der Waals surface area contributed by atoms with E-state index in [1.165, 1.54) is 11.3 Å². The van der Waals surface area contributed by atoms with E-state index in [2.05, 4.69) is 9.97 Å². The Morgan fingerprint density at radius 2 is 2.18 bits per heavy atom. The van der Waals surface area contributed by atoms with Gasteiger partial charge >= 0.3 is 0 Å². The van der Waals surface area contributed by atoms with Crippen molar-refractivity contribution >= 4 is 44.8 Å². The monoisotopic (exact) mass is 352 g/mol. The van der Waals surface area contributed by atoms with E-state index in [0.717, 1.165) is 33.0 Å². The zero-order valence-electron chi connectivity index (χ0n) is 12.0. The number of H-pyrrole nitrogens is 1. The Kier molecular flexibility index (Phi) is 4.52. The maximum Gasteiger partial charge on any atom is 0.260 e. The molecule has 0 saturated carbocycles. The second kappa shape index (κ2) is 6.41. The van der Waals surface area contributed by atoms with Crippen molar-refractivity contribution in [3.63, 3.8) is 0 Å². The van der Waals surface area contributed by atoms with Crippen LogP contribution in [-0.4, -0.2) is 15.8 Å². The molecule has 3 rings (SSSR count). The quantitative estimate of drug-likeness (QED) is 0.686. The number of hydrogen-bond acceptors (Lipinski definition) is 3. The first kappa shape index (κ1) is 15.5. The molecule has 0 spiro atoms. The number of thiophene rings is 1. The fourth-order valence-electron chi connectivity index (χ4n) is 2.37. The molecule has 6 heteroatoms. The van der Waals surface area contributed by atoms with Gasteiger partial charge in [-0.25, -0.2) is 4.98 Å². The van der Waals surface area contributed by atoms with E-state index in [4.69, 9.17) is 23.2 Å². The molecular weight excluding hydrogens is 339 g/mol. The van der Waals surface area contributed by atoms with E-state index in [1.54, 1.807) is 0 Å². The molecule has 0 aliphatic rings. The summed E-state index contributed by atoms with van der Waals surface area (Å²) in [6, 6.07) is 5.77. The van der Waals surface area contributed by atoms with Crippen molar-refractivity contribution in [3.05, 3.63) is 50.3 Å². The van der Waals surface area contributed by atoms with Crippen LogP contribution in [0.5, 0.6) is 0 Å². The van der Waals surface area contributed by atoms with Crippen molar-refractivity contribution in [3.8, 4) is 11.1 Å². The molecule has 1 aromatic carbocycles. The topological polar surface area (TPSA) is 45.8 Å². The highest BCUT2D eigenvalue weighted by Crippen LogP contribution is 2.32. The Bertz CT molecular complexity index is 885. The molecule has 0 aliphatic heterocycles. The standard InChI is InChI=1S/C16H14Cl2N2OS/c1-9-7-10(4-5-12(9)18)11-8-22-16-14(11)15(21)19-13(20-16)3-2-6-17/h4-5,7-8H,2-3,6H2,1H3,(H,19,20,21). The first-order valence-electron chi connectivity index (χ1n) is 6.93. The molecule has 22 heavy (non-hydrogen) atoms. The predicted molar refractivity (Wildman–Crippen MR) is 94.5 cm³/mol. The molecule has 114 valence electrons. The van der Waals surface area contributed by atoms with Crippen LogP contribution in [0.1, 0.15) is 17.8 Å². The van der Waals surface area contributed by atoms with Gasteiger partial charge in [-0.3, -0.25) is 4.79 Å². The zero-order valence-corrected chi connectivity index (χ0v) is 14.3. The summed E-state index contributed by atoms with van der Waals surface area (Å²) in [6.45, 7) is 1.95. The smallest absolute Gasteiger partial charge is 0.260 e. The van der Waals surface area contributed by atoms with Crippen LogP contribution in [-0.2, 0) is 6.42 Å². The van der Waals surface area contributed by atoms with E-state index < -0.39 is 0 Å². The minimum atomic E-state index is -0.0987. The van der Waals surface area contributed by atoms with Crippen LogP contribution in [0.2, 0.25) is 5.02 Å². The molecule has 0 atom stereocenters. The number of benzene rings is 1. The number of hydrogen-bond donors (Lipinski definition) is 1. The summed E-state index contributed by atoms with van der Waals surface area (Å²) in [5, 5.41) is 3.33. The maximum absolute atomic E-state index is 12.4. The summed E-state index contributed by atoms with van der Waals surface area (Å²) in [4.78, 5) is 20.6. The average Bonchev–Trinajstić information content (AvgIpc) is 2.92. The van der Waals surface area contributed by atoms with Gasteiger partial charge in [0, 0.05) is 28.3 Å². The normalized spacial score (nSPS) is 11.2. The number of nitrogens with one attached hydrogen (secondary N) is 1. The highest BCUT2D eigenvalue weighted by Gasteiger charge is 2.13. The van der Waals surface area contributed by atoms with Crippen LogP contribution < -0.4 is 5.56 Å². The molecule has 0 aliphatic carbocycles. The minimum absolute atomic E-state index is 0.0987. The van der Waals surface area contributed by atoms with Crippen molar-refractivity contribution in [2.45, 2.75) is 19.8 Å². The summed E-state index contributed by atoms with van der Waals surface area (Å²) in [5.74, 6) is 1.25. The molecule has 0 unspecified atom stereocenters. The summed E-state index contributed by atoms with van der Waals surface area (Å²) in [7, 11) is 0. The Morgan fingerprint density at radius 1 is 1.36 bits per heavy atom. The van der Waals surface area contributed by atoms with Crippen molar-refractivity contribution in [2.24, 2.45) is 0 Å². The number of halogens is 2. The molecular formula is C16H14Cl2N2OS. The van der Waals surface area contributed by atoms with Gasteiger partial charge in [0.15, 0.2) is 0 Å². The van der Waals surface area contributed by atoms with Gasteiger partial charge < -0.3 is 4.98 Å². The Morgan fingerprint density at radius 3 is 2.91 bits per heavy atom. The fraction of sp³-hybridized carbons (Fsp3) is 0.250. The third-order valence-corrected chi connectivity index (χ3v) is 5.07. The average molecular weight is 353 g/mol. The lowest BCUT2D eigenvalue weighted by Crippen LogP contribution is -2.11. The van der Waals surface area contributed by atoms with Gasteiger partial charge in [0.05, 0.1) is 5.39 Å². The van der Waals surface area contributed by atoms with Crippen LogP contribution >= 0.6 is 34.5 Å². The lowest BCUT2D eigenvalue weighted by atomic mass is 10.0. The van der Waals surface area contributed by atoms with E-state index in [9.17, 15) is 4.79 Å². The van der Waals surface area contributed by atoms with Gasteiger partial charge in [-0.2, -0.15) is 0 Å². The summed E-state index contributed by atoms with van der Waals surface area (Å²) < 4.78 is 0. The van der Waals surface area contributed by atoms with Gasteiger partial charge in [-0.05, 0) is 36.6 Å². The third-order valence-electron chi connectivity index (χ3n) is 3.51. The first-order valence-corrected chi connectivity index (χ1v) is 8.72. The third kappa shape index (κ3) is 2.91. The fourth-order valence-corrected chi connectivity index (χ4v) is 3.59. The van der Waals surface area contributed by atoms with Crippen molar-refractivity contribution in [1.29, 1.82) is 0 Å². The van der Waals surface area contributed by atoms with Gasteiger partial charge in [-0.1, -0.05) is 17.7 Å². The maximum atomic E-state index is 12.4. The van der Waals surface area contributed by atoms with E-state index in [0.29, 0.717) is 23.5 Å². The largest absolute Gasteiger partial charge is 0.310 e. The van der Waals surface area contributed by atoms with Gasteiger partial charge in [0.1, 0.15) is 10.7 Å². The second-order valence-electron chi connectivity index (χ2n) is 5.10. The molecule has 3 nitrogen and oxygen atoms in total. The number of aromatic nitrogens is 2. The molecule has 0 saturated heterocycles. The first-order chi connectivity index (χ1) is 10.6. The van der Waals surface area contributed by atoms with Gasteiger partial charge in [0.2, 0.25) is 0 Å². The Hall–Kier alpha value is -1.36. The van der Waals surface area contributed by atoms with Crippen LogP contribution in [0.3, 0.4) is 0 Å². The lowest BCUT2D eigenvalue weighted by molar-refractivity contribution is 0.843. The predicted octanol–water partition coefficient (Wildman–Crippen LogP) is 4.78. The van der Waals surface area contributed by atoms with E-state index >= 15 is 0 Å². The minimum Gasteiger partial charge on any atom is -0.310 e. The van der Waals surface area contributed by atoms with Gasteiger partial charge in [0.25, 0.3) is 5.56 Å². The molecule has 0 radical (unpaired) electrons. The highest BCUT2D eigenvalue weighted by atomic mass is 35.5. The Labute approximate surface area is 141 Å². The van der Waals surface area contributed by atoms with E-state index in [-0.39, 0.29) is 5.56 Å². The molecule has 0 bridgehead atoms. The number of aromatic amines is 1. The van der Waals surface area contributed by atoms with Crippen LogP contribution in [0.15, 0.2) is 28.4 Å². The molecule has 0 fully saturated rings. The molecule has 3 aromatic rings. The highest BCUT2D eigenvalue weighted by molar-refractivity contribution is 7.17. The molecule has 1 N–H and O–H groups in total. The number of aryl methyl sites for hydroxylation is 2. The van der Waals surface area contributed by atoms with E-state index in [1.807, 2.05) is 30.5 Å². The molecule has 2 heterocycles. The van der Waals surface area contributed by atoms with Crippen molar-refractivity contribution in [2.75, 3.05) is 5.88 Å². The van der Waals surface area contributed by atoms with Gasteiger partial charge in [-0.15, -0.1) is 22.9 Å². The molecule has 0 amide bonds. The summed E-state index contributed by atoms with van der Waals surface area (Å²) >= 11 is 13.2. The Balaban J connectivity index is 2.12. The summed E-state index contributed by atoms with van der Waals surface area (Å²) in [6.07, 6.45) is 1.48. The SMILES string of the molecule is Cc1cc(-c2csc3nc(CCCCl)[nH]c(=O)c23)ccc1Cl. The van der Waals surface area contributed by atoms with Crippen LogP contribution in [0.4, 0.5) is 0 Å². The lowest BCUT2D eigenvalue weighted by Gasteiger charge is -2.04. The molecule has 2 aromatic heterocycles.